The van der Waals surface area contributed by atoms with E-state index in [1.807, 2.05) is 0 Å². The van der Waals surface area contributed by atoms with Crippen LogP contribution in [0, 0.1) is 5.92 Å². The highest BCUT2D eigenvalue weighted by Crippen LogP contribution is 2.25. The maximum atomic E-state index is 12.8. The summed E-state index contributed by atoms with van der Waals surface area (Å²) in [6.45, 7) is 0.118. The Morgan fingerprint density at radius 2 is 1.90 bits per heavy atom. The quantitative estimate of drug-likeness (QED) is 0.622. The van der Waals surface area contributed by atoms with Crippen LogP contribution < -0.4 is 10.6 Å². The lowest BCUT2D eigenvalue weighted by atomic mass is 9.99. The van der Waals surface area contributed by atoms with Crippen LogP contribution in [-0.4, -0.2) is 49.3 Å². The minimum atomic E-state index is -3.73. The van der Waals surface area contributed by atoms with Crippen LogP contribution >= 0.6 is 11.6 Å². The van der Waals surface area contributed by atoms with Crippen LogP contribution in [0.25, 0.3) is 0 Å². The smallest absolute Gasteiger partial charge is 0.243 e. The van der Waals surface area contributed by atoms with Crippen LogP contribution in [0.3, 0.4) is 0 Å². The highest BCUT2D eigenvalue weighted by atomic mass is 35.5. The number of sulfonamides is 1. The van der Waals surface area contributed by atoms with Crippen molar-refractivity contribution in [1.29, 1.82) is 0 Å². The minimum absolute atomic E-state index is 0.0148. The second-order valence-electron chi connectivity index (χ2n) is 6.97. The topological polar surface area (TPSA) is 116 Å². The number of piperidine rings is 1. The molecule has 10 heteroatoms. The number of aromatic hydroxyl groups is 1. The first-order valence-electron chi connectivity index (χ1n) is 9.38. The minimum Gasteiger partial charge on any atom is -0.508 e. The van der Waals surface area contributed by atoms with Crippen LogP contribution in [0.1, 0.15) is 12.8 Å². The molecule has 30 heavy (non-hydrogen) atoms. The van der Waals surface area contributed by atoms with E-state index < -0.39 is 21.8 Å². The number of hydrogen-bond acceptors (Lipinski definition) is 5. The van der Waals surface area contributed by atoms with Crippen LogP contribution in [-0.2, 0) is 19.6 Å². The van der Waals surface area contributed by atoms with Gasteiger partial charge in [0.25, 0.3) is 0 Å². The Morgan fingerprint density at radius 1 is 1.17 bits per heavy atom. The molecule has 0 unspecified atom stereocenters. The summed E-state index contributed by atoms with van der Waals surface area (Å²) in [6.07, 6.45) is 1.08. The third-order valence-electron chi connectivity index (χ3n) is 4.76. The third kappa shape index (κ3) is 5.50. The van der Waals surface area contributed by atoms with Gasteiger partial charge in [-0.1, -0.05) is 17.7 Å². The van der Waals surface area contributed by atoms with Gasteiger partial charge in [0.05, 0.1) is 17.4 Å². The average molecular weight is 452 g/mol. The van der Waals surface area contributed by atoms with Gasteiger partial charge in [-0.05, 0) is 49.2 Å². The Labute approximate surface area is 179 Å². The first-order valence-corrected chi connectivity index (χ1v) is 11.2. The van der Waals surface area contributed by atoms with Gasteiger partial charge in [0, 0.05) is 29.9 Å². The number of carbonyl (C=O) groups is 2. The Balaban J connectivity index is 1.56. The number of phenols is 1. The second kappa shape index (κ2) is 9.46. The summed E-state index contributed by atoms with van der Waals surface area (Å²) in [5.74, 6) is -1.36. The number of carbonyl (C=O) groups excluding carboxylic acids is 2. The molecule has 2 amide bonds. The molecule has 1 aliphatic heterocycles. The molecule has 1 fully saturated rings. The maximum Gasteiger partial charge on any atom is 0.243 e. The fraction of sp³-hybridized carbons (Fsp3) is 0.300. The van der Waals surface area contributed by atoms with Gasteiger partial charge in [0.15, 0.2) is 0 Å². The normalized spacial score (nSPS) is 17.3. The Bertz CT molecular complexity index is 1030. The van der Waals surface area contributed by atoms with Crippen molar-refractivity contribution in [3.8, 4) is 5.75 Å². The van der Waals surface area contributed by atoms with Crippen molar-refractivity contribution in [2.75, 3.05) is 25.0 Å². The largest absolute Gasteiger partial charge is 0.508 e. The van der Waals surface area contributed by atoms with Gasteiger partial charge in [-0.15, -0.1) is 0 Å². The predicted octanol–water partition coefficient (Wildman–Crippen LogP) is 2.20. The van der Waals surface area contributed by atoms with Crippen molar-refractivity contribution in [2.24, 2.45) is 5.92 Å². The van der Waals surface area contributed by atoms with Gasteiger partial charge < -0.3 is 15.7 Å². The lowest BCUT2D eigenvalue weighted by molar-refractivity contribution is -0.128. The highest BCUT2D eigenvalue weighted by Gasteiger charge is 2.33. The number of anilines is 1. The zero-order valence-electron chi connectivity index (χ0n) is 16.0. The van der Waals surface area contributed by atoms with Crippen molar-refractivity contribution in [2.45, 2.75) is 17.7 Å². The van der Waals surface area contributed by atoms with E-state index in [0.29, 0.717) is 30.1 Å². The van der Waals surface area contributed by atoms with E-state index in [1.54, 1.807) is 12.1 Å². The summed E-state index contributed by atoms with van der Waals surface area (Å²) in [4.78, 5) is 24.6. The number of rotatable bonds is 6. The van der Waals surface area contributed by atoms with Crippen molar-refractivity contribution in [3.63, 3.8) is 0 Å². The fourth-order valence-electron chi connectivity index (χ4n) is 3.23. The molecule has 1 saturated heterocycles. The summed E-state index contributed by atoms with van der Waals surface area (Å²) in [5, 5.41) is 15.0. The van der Waals surface area contributed by atoms with Gasteiger partial charge in [-0.2, -0.15) is 4.31 Å². The molecule has 0 spiro atoms. The number of hydrogen-bond donors (Lipinski definition) is 3. The van der Waals surface area contributed by atoms with E-state index >= 15 is 0 Å². The molecule has 8 nitrogen and oxygen atoms in total. The monoisotopic (exact) mass is 451 g/mol. The Hall–Kier alpha value is -2.62. The average Bonchev–Trinajstić information content (AvgIpc) is 2.72. The van der Waals surface area contributed by atoms with Crippen molar-refractivity contribution < 1.29 is 23.1 Å². The predicted molar refractivity (Wildman–Crippen MR) is 113 cm³/mol. The molecule has 160 valence electrons. The van der Waals surface area contributed by atoms with Crippen LogP contribution in [0.5, 0.6) is 5.75 Å². The number of amides is 2. The molecule has 0 aliphatic carbocycles. The zero-order valence-corrected chi connectivity index (χ0v) is 17.6. The lowest BCUT2D eigenvalue weighted by Crippen LogP contribution is -2.46. The van der Waals surface area contributed by atoms with Gasteiger partial charge in [-0.25, -0.2) is 8.42 Å². The zero-order chi connectivity index (χ0) is 21.7. The lowest BCUT2D eigenvalue weighted by Gasteiger charge is -2.31. The molecule has 0 aromatic heterocycles. The number of benzene rings is 2. The fourth-order valence-corrected chi connectivity index (χ4v) is 4.88. The third-order valence-corrected chi connectivity index (χ3v) is 6.89. The van der Waals surface area contributed by atoms with Crippen molar-refractivity contribution in [1.82, 2.24) is 9.62 Å². The summed E-state index contributed by atoms with van der Waals surface area (Å²) < 4.78 is 26.9. The van der Waals surface area contributed by atoms with Gasteiger partial charge in [0.1, 0.15) is 5.75 Å². The summed E-state index contributed by atoms with van der Waals surface area (Å²) >= 11 is 5.82. The molecule has 0 radical (unpaired) electrons. The van der Waals surface area contributed by atoms with Gasteiger partial charge in [0.2, 0.25) is 21.8 Å². The van der Waals surface area contributed by atoms with Crippen LogP contribution in [0.15, 0.2) is 53.4 Å². The van der Waals surface area contributed by atoms with E-state index in [2.05, 4.69) is 10.6 Å². The first kappa shape index (κ1) is 22.1. The molecular formula is C20H22ClN3O5S. The molecule has 1 heterocycles. The number of halogens is 1. The highest BCUT2D eigenvalue weighted by molar-refractivity contribution is 7.89. The van der Waals surface area contributed by atoms with Crippen LogP contribution in [0.4, 0.5) is 5.69 Å². The first-order chi connectivity index (χ1) is 14.3. The number of nitrogens with one attached hydrogen (secondary N) is 2. The van der Waals surface area contributed by atoms with E-state index in [1.165, 1.54) is 40.7 Å². The standard InChI is InChI=1S/C20H22ClN3O5S/c21-15-6-8-18(9-7-15)30(28,29)24-10-2-3-14(13-24)20(27)22-12-19(26)23-16-4-1-5-17(25)11-16/h1,4-9,11,14,25H,2-3,10,12-13H2,(H,22,27)(H,23,26)/t14-/m1/s1. The number of phenolic OH excluding ortho intramolecular Hbond substituents is 1. The van der Waals surface area contributed by atoms with Crippen molar-refractivity contribution >= 4 is 39.1 Å². The molecule has 0 bridgehead atoms. The molecular weight excluding hydrogens is 430 g/mol. The van der Waals surface area contributed by atoms with E-state index in [9.17, 15) is 23.1 Å². The summed E-state index contributed by atoms with van der Waals surface area (Å²) in [5.41, 5.74) is 0.409. The molecule has 2 aromatic rings. The molecule has 3 rings (SSSR count). The molecule has 1 aliphatic rings. The maximum absolute atomic E-state index is 12.8. The molecule has 3 N–H and O–H groups in total. The van der Waals surface area contributed by atoms with Gasteiger partial charge in [-0.3, -0.25) is 9.59 Å². The summed E-state index contributed by atoms with van der Waals surface area (Å²) in [7, 11) is -3.73. The SMILES string of the molecule is O=C(CNC(=O)[C@@H]1CCCN(S(=O)(=O)c2ccc(Cl)cc2)C1)Nc1cccc(O)c1. The van der Waals surface area contributed by atoms with E-state index in [-0.39, 0.29) is 29.6 Å². The van der Waals surface area contributed by atoms with Gasteiger partial charge >= 0.3 is 0 Å². The molecule has 2 aromatic carbocycles. The molecule has 0 saturated carbocycles. The number of nitrogens with zero attached hydrogens (tertiary/aromatic N) is 1. The Kier molecular flexibility index (Phi) is 6.96. The van der Waals surface area contributed by atoms with Crippen LogP contribution in [0.2, 0.25) is 5.02 Å². The second-order valence-corrected chi connectivity index (χ2v) is 9.35. The molecule has 1 atom stereocenters. The summed E-state index contributed by atoms with van der Waals surface area (Å²) in [6, 6.07) is 12.0. The van der Waals surface area contributed by atoms with Crippen molar-refractivity contribution in [3.05, 3.63) is 53.6 Å². The van der Waals surface area contributed by atoms with E-state index in [4.69, 9.17) is 11.6 Å². The Morgan fingerprint density at radius 3 is 2.60 bits per heavy atom. The van der Waals surface area contributed by atoms with E-state index in [0.717, 1.165) is 0 Å².